The molecule has 0 saturated carbocycles. The Morgan fingerprint density at radius 3 is 2.16 bits per heavy atom. The fraction of sp³-hybridized carbons (Fsp3) is 0.250. The Morgan fingerprint density at radius 2 is 1.53 bits per heavy atom. The number of anilines is 3. The Bertz CT molecular complexity index is 2520. The van der Waals surface area contributed by atoms with Gasteiger partial charge in [0.1, 0.15) is 34.5 Å². The number of amidine groups is 1. The van der Waals surface area contributed by atoms with Crippen LogP contribution in [-0.4, -0.2) is 98.4 Å². The molecule has 64 heavy (non-hydrogen) atoms. The molecule has 0 spiro atoms. The van der Waals surface area contributed by atoms with Crippen LogP contribution in [0.15, 0.2) is 97.2 Å². The molecule has 0 bridgehead atoms. The van der Waals surface area contributed by atoms with Gasteiger partial charge < -0.3 is 35.6 Å². The molecule has 5 aromatic rings. The lowest BCUT2D eigenvalue weighted by Gasteiger charge is -2.36. The van der Waals surface area contributed by atoms with E-state index in [-0.39, 0.29) is 45.9 Å². The van der Waals surface area contributed by atoms with E-state index >= 15 is 0 Å². The monoisotopic (exact) mass is 903 g/mol. The van der Waals surface area contributed by atoms with Crippen molar-refractivity contribution >= 4 is 52.5 Å². The van der Waals surface area contributed by atoms with E-state index in [2.05, 4.69) is 20.5 Å². The molecule has 1 unspecified atom stereocenters. The van der Waals surface area contributed by atoms with Crippen LogP contribution in [0.1, 0.15) is 52.5 Å². The zero-order valence-corrected chi connectivity index (χ0v) is 35.5. The molecule has 4 aromatic carbocycles. The summed E-state index contributed by atoms with van der Waals surface area (Å²) in [4.78, 5) is 49.2. The van der Waals surface area contributed by atoms with E-state index in [0.29, 0.717) is 55.4 Å². The van der Waals surface area contributed by atoms with Crippen molar-refractivity contribution in [3.8, 4) is 23.0 Å². The van der Waals surface area contributed by atoms with Crippen LogP contribution in [0.3, 0.4) is 0 Å². The molecule has 1 atom stereocenters. The molecule has 336 valence electrons. The van der Waals surface area contributed by atoms with Crippen LogP contribution >= 0.6 is 11.6 Å². The lowest BCUT2D eigenvalue weighted by atomic mass is 9.98. The first kappa shape index (κ1) is 46.6. The predicted molar refractivity (Wildman–Crippen MR) is 234 cm³/mol. The molecule has 1 aliphatic rings. The Morgan fingerprint density at radius 1 is 0.891 bits per heavy atom. The van der Waals surface area contributed by atoms with Gasteiger partial charge in [-0.15, -0.1) is 0 Å². The highest BCUT2D eigenvalue weighted by Crippen LogP contribution is 2.37. The number of urea groups is 2. The quantitative estimate of drug-likeness (QED) is 0.0385. The maximum absolute atomic E-state index is 13.4. The largest absolute Gasteiger partial charge is 0.508 e. The number of nitrogens with zero attached hydrogens (tertiary/aromatic N) is 5. The zero-order chi connectivity index (χ0) is 46.5. The van der Waals surface area contributed by atoms with E-state index in [4.69, 9.17) is 27.5 Å². The van der Waals surface area contributed by atoms with E-state index < -0.39 is 41.1 Å². The Balaban J connectivity index is 0.988. The second-order valence-electron chi connectivity index (χ2n) is 15.1. The molecule has 0 aliphatic carbocycles. The summed E-state index contributed by atoms with van der Waals surface area (Å²) in [6, 6.07) is 20.3. The summed E-state index contributed by atoms with van der Waals surface area (Å²) in [6.07, 6.45) is -4.95. The summed E-state index contributed by atoms with van der Waals surface area (Å²) < 4.78 is 45.4. The highest BCUT2D eigenvalue weighted by atomic mass is 35.5. The third kappa shape index (κ3) is 11.2. The first-order chi connectivity index (χ1) is 30.3. The number of amides is 5. The van der Waals surface area contributed by atoms with Gasteiger partial charge in [0.05, 0.1) is 16.1 Å². The van der Waals surface area contributed by atoms with Crippen molar-refractivity contribution in [3.63, 3.8) is 0 Å². The van der Waals surface area contributed by atoms with E-state index in [1.165, 1.54) is 61.8 Å². The number of rotatable bonds is 11. The van der Waals surface area contributed by atoms with E-state index in [1.807, 2.05) is 26.0 Å². The van der Waals surface area contributed by atoms with Crippen molar-refractivity contribution in [1.29, 1.82) is 5.41 Å². The predicted octanol–water partition coefficient (Wildman–Crippen LogP) is 7.80. The Labute approximate surface area is 370 Å². The highest BCUT2D eigenvalue weighted by molar-refractivity contribution is 6.31. The number of pyridine rings is 1. The van der Waals surface area contributed by atoms with Gasteiger partial charge in [-0.2, -0.15) is 13.2 Å². The number of carbonyl (C=O) groups is 3. The SMILES string of the molecule is CC(C)c1cc(C(=N)N(c2ccc(CN3CCN(C(=O)N(C)C(=O)c4cc(Oc5ccc(NC(=O)Nc6ccc(Cl)c(C(F)(F)F)c6)cc5)ccn4)CC3)cc2)C(N)O)c(O)cc1O. The molecule has 2 heterocycles. The van der Waals surface area contributed by atoms with E-state index in [1.54, 1.807) is 17.0 Å². The lowest BCUT2D eigenvalue weighted by Crippen LogP contribution is -2.52. The van der Waals surface area contributed by atoms with Crippen molar-refractivity contribution in [2.24, 2.45) is 5.73 Å². The molecule has 8 N–H and O–H groups in total. The molecule has 1 fully saturated rings. The molecule has 0 radical (unpaired) electrons. The van der Waals surface area contributed by atoms with Crippen molar-refractivity contribution in [1.82, 2.24) is 19.7 Å². The molecule has 20 heteroatoms. The standard InChI is InChI=1S/C44H45ClF3N9O7/c1-25(2)32-22-33(38(59)23-37(32)58)39(49)57(41(50)61)29-9-4-26(5-10-29)24-55-16-18-56(19-17-55)43(63)54(3)40(60)36-21-31(14-15-51-36)64-30-11-6-27(7-12-30)52-42(62)53-28-8-13-35(45)34(20-28)44(46,47)48/h4-15,20-23,25,41,49,58-59,61H,16-19,24,50H2,1-3H3,(H2,52,53,62). The second-order valence-corrected chi connectivity index (χ2v) is 15.5. The van der Waals surface area contributed by atoms with Gasteiger partial charge in [0.2, 0.25) is 0 Å². The van der Waals surface area contributed by atoms with Crippen LogP contribution in [0.25, 0.3) is 0 Å². The van der Waals surface area contributed by atoms with Gasteiger partial charge >= 0.3 is 18.2 Å². The summed E-state index contributed by atoms with van der Waals surface area (Å²) >= 11 is 5.65. The second kappa shape index (κ2) is 19.6. The number of aromatic hydroxyl groups is 2. The molecule has 1 aromatic heterocycles. The number of hydrogen-bond acceptors (Lipinski definition) is 11. The number of piperazine rings is 1. The molecule has 1 saturated heterocycles. The smallest absolute Gasteiger partial charge is 0.417 e. The highest BCUT2D eigenvalue weighted by Gasteiger charge is 2.34. The van der Waals surface area contributed by atoms with E-state index in [0.717, 1.165) is 33.6 Å². The maximum atomic E-state index is 13.4. The maximum Gasteiger partial charge on any atom is 0.417 e. The number of nitrogens with two attached hydrogens (primary N) is 1. The summed E-state index contributed by atoms with van der Waals surface area (Å²) in [6.45, 7) is 5.96. The van der Waals surface area contributed by atoms with Crippen molar-refractivity contribution in [2.75, 3.05) is 48.8 Å². The number of imide groups is 1. The van der Waals surface area contributed by atoms with Crippen LogP contribution in [-0.2, 0) is 12.7 Å². The number of hydrogen-bond donors (Lipinski definition) is 7. The number of alkyl halides is 3. The number of nitrogens with one attached hydrogen (secondary N) is 3. The number of ether oxygens (including phenoxy) is 1. The summed E-state index contributed by atoms with van der Waals surface area (Å²) in [5, 5.41) is 44.3. The summed E-state index contributed by atoms with van der Waals surface area (Å²) in [5.74, 6) is -0.887. The lowest BCUT2D eigenvalue weighted by molar-refractivity contribution is -0.137. The minimum Gasteiger partial charge on any atom is -0.508 e. The molecule has 16 nitrogen and oxygen atoms in total. The minimum atomic E-state index is -4.70. The molecular formula is C44H45ClF3N9O7. The minimum absolute atomic E-state index is 0.0442. The fourth-order valence-electron chi connectivity index (χ4n) is 6.83. The van der Waals surface area contributed by atoms with Crippen molar-refractivity contribution in [3.05, 3.63) is 130 Å². The van der Waals surface area contributed by atoms with Gasteiger partial charge in [0.15, 0.2) is 6.35 Å². The molecule has 5 amide bonds. The normalized spacial score (nSPS) is 13.6. The van der Waals surface area contributed by atoms with Gasteiger partial charge in [0.25, 0.3) is 5.91 Å². The van der Waals surface area contributed by atoms with Gasteiger partial charge in [-0.3, -0.25) is 35.6 Å². The topological polar surface area (TPSA) is 221 Å². The third-order valence-corrected chi connectivity index (χ3v) is 10.5. The van der Waals surface area contributed by atoms with Crippen LogP contribution in [0.2, 0.25) is 5.02 Å². The first-order valence-corrected chi connectivity index (χ1v) is 20.1. The van der Waals surface area contributed by atoms with E-state index in [9.17, 15) is 42.9 Å². The molecular weight excluding hydrogens is 859 g/mol. The number of phenolic OH excluding ortho intramolecular Hbond substituents is 2. The number of aliphatic hydroxyl groups is 1. The number of phenols is 2. The van der Waals surface area contributed by atoms with Crippen LogP contribution < -0.4 is 26.0 Å². The number of halogens is 4. The van der Waals surface area contributed by atoms with Crippen molar-refractivity contribution < 1.29 is 47.6 Å². The zero-order valence-electron chi connectivity index (χ0n) is 34.7. The average Bonchev–Trinajstić information content (AvgIpc) is 3.24. The molecule has 1 aliphatic heterocycles. The Kier molecular flexibility index (Phi) is 14.3. The summed E-state index contributed by atoms with van der Waals surface area (Å²) in [5.41, 5.74) is 6.86. The van der Waals surface area contributed by atoms with Gasteiger partial charge in [0, 0.05) is 75.2 Å². The molecule has 6 rings (SSSR count). The number of carbonyl (C=O) groups excluding carboxylic acids is 3. The fourth-order valence-corrected chi connectivity index (χ4v) is 7.05. The number of aromatic nitrogens is 1. The average molecular weight is 904 g/mol. The number of aliphatic hydroxyl groups excluding tert-OH is 1. The van der Waals surface area contributed by atoms with Crippen molar-refractivity contribution in [2.45, 2.75) is 38.8 Å². The van der Waals surface area contributed by atoms with Crippen LogP contribution in [0.5, 0.6) is 23.0 Å². The van der Waals surface area contributed by atoms with Crippen LogP contribution in [0.4, 0.5) is 39.8 Å². The third-order valence-electron chi connectivity index (χ3n) is 10.2. The Hall–Kier alpha value is -6.93. The van der Waals surface area contributed by atoms with Gasteiger partial charge in [-0.1, -0.05) is 37.6 Å². The number of benzene rings is 4. The first-order valence-electron chi connectivity index (χ1n) is 19.7. The van der Waals surface area contributed by atoms with Crippen LogP contribution in [0, 0.1) is 5.41 Å². The van der Waals surface area contributed by atoms with Gasteiger partial charge in [-0.05, 0) is 83.8 Å². The van der Waals surface area contributed by atoms with Gasteiger partial charge in [-0.25, -0.2) is 9.59 Å². The summed E-state index contributed by atoms with van der Waals surface area (Å²) in [7, 11) is 1.37.